The second-order valence-corrected chi connectivity index (χ2v) is 3.82. The van der Waals surface area contributed by atoms with Crippen molar-refractivity contribution in [1.29, 1.82) is 0 Å². The van der Waals surface area contributed by atoms with Gasteiger partial charge in [0.2, 0.25) is 0 Å². The molecule has 18 heavy (non-hydrogen) atoms. The minimum absolute atomic E-state index is 0.0953. The van der Waals surface area contributed by atoms with Crippen molar-refractivity contribution in [2.45, 2.75) is 0 Å². The highest BCUT2D eigenvalue weighted by Crippen LogP contribution is 2.40. The van der Waals surface area contributed by atoms with Crippen LogP contribution < -0.4 is 15.1 Å². The third-order valence-electron chi connectivity index (χ3n) is 2.48. The number of hydrogen-bond donors (Lipinski definition) is 0. The molecule has 0 atom stereocenters. The molecule has 0 bridgehead atoms. The minimum Gasteiger partial charge on any atom is -0.495 e. The molecule has 1 aromatic heterocycles. The van der Waals surface area contributed by atoms with Gasteiger partial charge in [0.15, 0.2) is 12.0 Å². The monoisotopic (exact) mass is 268 g/mol. The lowest BCUT2D eigenvalue weighted by Crippen LogP contribution is -2.06. The van der Waals surface area contributed by atoms with Gasteiger partial charge in [-0.3, -0.25) is 4.79 Å². The van der Waals surface area contributed by atoms with Gasteiger partial charge in [-0.2, -0.15) is 0 Å². The summed E-state index contributed by atoms with van der Waals surface area (Å²) < 4.78 is 15.2. The van der Waals surface area contributed by atoms with Crippen molar-refractivity contribution < 1.29 is 18.7 Å². The molecular weight excluding hydrogens is 260 g/mol. The van der Waals surface area contributed by atoms with Gasteiger partial charge in [-0.1, -0.05) is 11.6 Å². The maximum absolute atomic E-state index is 11.4. The topological polar surface area (TPSA) is 65.7 Å². The van der Waals surface area contributed by atoms with Crippen LogP contribution in [0.3, 0.4) is 0 Å². The van der Waals surface area contributed by atoms with Crippen LogP contribution in [-0.4, -0.2) is 20.5 Å². The maximum Gasteiger partial charge on any atom is 0.346 e. The van der Waals surface area contributed by atoms with Gasteiger partial charge in [0.25, 0.3) is 0 Å². The largest absolute Gasteiger partial charge is 0.495 e. The average molecular weight is 269 g/mol. The molecule has 0 unspecified atom stereocenters. The number of benzene rings is 1. The molecule has 1 aromatic carbocycles. The van der Waals surface area contributed by atoms with E-state index in [0.717, 1.165) is 0 Å². The molecule has 0 radical (unpaired) electrons. The summed E-state index contributed by atoms with van der Waals surface area (Å²) in [5, 5.41) is 0.684. The van der Waals surface area contributed by atoms with E-state index in [2.05, 4.69) is 0 Å². The molecule has 6 heteroatoms. The Morgan fingerprint density at radius 3 is 2.56 bits per heavy atom. The molecule has 0 saturated carbocycles. The Morgan fingerprint density at radius 1 is 1.28 bits per heavy atom. The van der Waals surface area contributed by atoms with E-state index in [1.807, 2.05) is 0 Å². The van der Waals surface area contributed by atoms with Crippen LogP contribution in [0.15, 0.2) is 21.3 Å². The van der Waals surface area contributed by atoms with Crippen LogP contribution in [0.2, 0.25) is 5.02 Å². The lowest BCUT2D eigenvalue weighted by atomic mass is 10.1. The van der Waals surface area contributed by atoms with Crippen molar-refractivity contribution in [2.75, 3.05) is 14.2 Å². The lowest BCUT2D eigenvalue weighted by molar-refractivity contribution is 0.112. The lowest BCUT2D eigenvalue weighted by Gasteiger charge is -2.10. The zero-order chi connectivity index (χ0) is 13.3. The van der Waals surface area contributed by atoms with Crippen LogP contribution in [0.4, 0.5) is 0 Å². The van der Waals surface area contributed by atoms with Crippen LogP contribution in [0.25, 0.3) is 11.0 Å². The number of carbonyl (C=O) groups excluding carboxylic acids is 1. The third kappa shape index (κ3) is 1.82. The van der Waals surface area contributed by atoms with Crippen LogP contribution in [0, 0.1) is 0 Å². The van der Waals surface area contributed by atoms with E-state index in [4.69, 9.17) is 25.5 Å². The molecular formula is C12H9ClO5. The normalized spacial score (nSPS) is 10.4. The number of aldehydes is 1. The number of carbonyl (C=O) groups is 1. The Labute approximate surface area is 107 Å². The summed E-state index contributed by atoms with van der Waals surface area (Å²) in [5.41, 5.74) is -0.574. The molecule has 94 valence electrons. The Hall–Kier alpha value is -2.01. The highest BCUT2D eigenvalue weighted by molar-refractivity contribution is 6.34. The summed E-state index contributed by atoms with van der Waals surface area (Å²) >= 11 is 6.07. The van der Waals surface area contributed by atoms with Gasteiger partial charge in [-0.05, 0) is 6.07 Å². The molecule has 2 rings (SSSR count). The molecule has 0 spiro atoms. The van der Waals surface area contributed by atoms with Gasteiger partial charge in [0.1, 0.15) is 21.9 Å². The third-order valence-corrected chi connectivity index (χ3v) is 2.84. The first kappa shape index (κ1) is 12.4. The van der Waals surface area contributed by atoms with Gasteiger partial charge >= 0.3 is 5.63 Å². The number of fused-ring (bicyclic) bond motifs is 1. The highest BCUT2D eigenvalue weighted by atomic mass is 35.5. The molecule has 2 aromatic rings. The van der Waals surface area contributed by atoms with E-state index in [0.29, 0.717) is 17.4 Å². The first-order valence-corrected chi connectivity index (χ1v) is 5.33. The summed E-state index contributed by atoms with van der Waals surface area (Å²) in [5.74, 6) is 0.612. The van der Waals surface area contributed by atoms with Crippen LogP contribution in [-0.2, 0) is 0 Å². The number of rotatable bonds is 3. The van der Waals surface area contributed by atoms with Crippen molar-refractivity contribution in [1.82, 2.24) is 0 Å². The van der Waals surface area contributed by atoms with E-state index in [1.165, 1.54) is 26.4 Å². The molecule has 0 amide bonds. The SMILES string of the molecule is COc1cc2oc(=O)c(C=O)cc2c(OC)c1Cl. The predicted molar refractivity (Wildman–Crippen MR) is 66.0 cm³/mol. The van der Waals surface area contributed by atoms with Gasteiger partial charge in [0, 0.05) is 6.07 Å². The van der Waals surface area contributed by atoms with Crippen LogP contribution in [0.1, 0.15) is 10.4 Å². The van der Waals surface area contributed by atoms with Crippen LogP contribution in [0.5, 0.6) is 11.5 Å². The molecule has 0 N–H and O–H groups in total. The van der Waals surface area contributed by atoms with E-state index in [1.54, 1.807) is 0 Å². The molecule has 0 fully saturated rings. The number of ether oxygens (including phenoxy) is 2. The summed E-state index contributed by atoms with van der Waals surface area (Å²) in [7, 11) is 2.86. The standard InChI is InChI=1S/C12H9ClO5/c1-16-9-4-8-7(11(17-2)10(9)13)3-6(5-14)12(15)18-8/h3-5H,1-2H3. The first-order valence-electron chi connectivity index (χ1n) is 4.96. The molecule has 0 aliphatic carbocycles. The van der Waals surface area contributed by atoms with E-state index in [-0.39, 0.29) is 21.9 Å². The number of hydrogen-bond acceptors (Lipinski definition) is 5. The Kier molecular flexibility index (Phi) is 3.25. The molecule has 5 nitrogen and oxygen atoms in total. The van der Waals surface area contributed by atoms with Crippen molar-refractivity contribution in [3.05, 3.63) is 33.1 Å². The summed E-state index contributed by atoms with van der Waals surface area (Å²) in [6.07, 6.45) is 0.419. The summed E-state index contributed by atoms with van der Waals surface area (Å²) in [6.45, 7) is 0. The Bertz CT molecular complexity index is 674. The van der Waals surface area contributed by atoms with Crippen molar-refractivity contribution in [2.24, 2.45) is 0 Å². The molecule has 0 aliphatic rings. The smallest absolute Gasteiger partial charge is 0.346 e. The first-order chi connectivity index (χ1) is 8.62. The van der Waals surface area contributed by atoms with Gasteiger partial charge in [-0.25, -0.2) is 4.79 Å². The fourth-order valence-corrected chi connectivity index (χ4v) is 1.94. The summed E-state index contributed by atoms with van der Waals surface area (Å²) in [6, 6.07) is 2.84. The fourth-order valence-electron chi connectivity index (χ4n) is 1.63. The molecule has 0 saturated heterocycles. The fraction of sp³-hybridized carbons (Fsp3) is 0.167. The highest BCUT2D eigenvalue weighted by Gasteiger charge is 2.16. The predicted octanol–water partition coefficient (Wildman–Crippen LogP) is 2.28. The quantitative estimate of drug-likeness (QED) is 0.631. The maximum atomic E-state index is 11.4. The van der Waals surface area contributed by atoms with E-state index < -0.39 is 5.63 Å². The van der Waals surface area contributed by atoms with E-state index in [9.17, 15) is 9.59 Å². The second kappa shape index (κ2) is 4.70. The number of halogens is 1. The van der Waals surface area contributed by atoms with E-state index >= 15 is 0 Å². The Balaban J connectivity index is 2.93. The van der Waals surface area contributed by atoms with Crippen molar-refractivity contribution in [3.63, 3.8) is 0 Å². The minimum atomic E-state index is -0.719. The zero-order valence-electron chi connectivity index (χ0n) is 9.65. The van der Waals surface area contributed by atoms with Crippen molar-refractivity contribution >= 4 is 28.9 Å². The van der Waals surface area contributed by atoms with Crippen LogP contribution >= 0.6 is 11.6 Å². The second-order valence-electron chi connectivity index (χ2n) is 3.44. The average Bonchev–Trinajstić information content (AvgIpc) is 2.37. The zero-order valence-corrected chi connectivity index (χ0v) is 10.4. The molecule has 1 heterocycles. The number of methoxy groups -OCH3 is 2. The Morgan fingerprint density at radius 2 is 2.00 bits per heavy atom. The van der Waals surface area contributed by atoms with Gasteiger partial charge in [0.05, 0.1) is 19.6 Å². The molecule has 0 aliphatic heterocycles. The van der Waals surface area contributed by atoms with Crippen molar-refractivity contribution in [3.8, 4) is 11.5 Å². The summed E-state index contributed by atoms with van der Waals surface area (Å²) in [4.78, 5) is 22.2. The van der Waals surface area contributed by atoms with Gasteiger partial charge in [-0.15, -0.1) is 0 Å². The van der Waals surface area contributed by atoms with Gasteiger partial charge < -0.3 is 13.9 Å².